The third kappa shape index (κ3) is 3.94. The number of likely N-dealkylation sites (N-methyl/N-ethyl adjacent to an activating group) is 1. The maximum atomic E-state index is 12.2. The highest BCUT2D eigenvalue weighted by Crippen LogP contribution is 2.31. The van der Waals surface area contributed by atoms with E-state index in [0.29, 0.717) is 16.6 Å². The molecule has 0 radical (unpaired) electrons. The van der Waals surface area contributed by atoms with Gasteiger partial charge < -0.3 is 5.32 Å². The van der Waals surface area contributed by atoms with Crippen molar-refractivity contribution in [3.05, 3.63) is 16.0 Å². The lowest BCUT2D eigenvalue weighted by Gasteiger charge is -2.30. The molecule has 1 saturated heterocycles. The van der Waals surface area contributed by atoms with Crippen molar-refractivity contribution < 1.29 is 9.00 Å². The number of hydrogen-bond acceptors (Lipinski definition) is 5. The minimum absolute atomic E-state index is 0.105. The van der Waals surface area contributed by atoms with E-state index in [1.807, 2.05) is 25.8 Å². The summed E-state index contributed by atoms with van der Waals surface area (Å²) < 4.78 is 11.4. The predicted molar refractivity (Wildman–Crippen MR) is 90.7 cm³/mol. The Morgan fingerprint density at radius 1 is 1.45 bits per heavy atom. The zero-order chi connectivity index (χ0) is 16.3. The predicted octanol–water partition coefficient (Wildman–Crippen LogP) is 2.02. The summed E-state index contributed by atoms with van der Waals surface area (Å²) in [5.41, 5.74) is 1.50. The van der Waals surface area contributed by atoms with Gasteiger partial charge in [0.2, 0.25) is 5.91 Å². The Bertz CT molecular complexity index is 623. The Kier molecular flexibility index (Phi) is 5.73. The lowest BCUT2D eigenvalue weighted by molar-refractivity contribution is -0.117. The van der Waals surface area contributed by atoms with Gasteiger partial charge in [0.25, 0.3) is 0 Å². The molecule has 1 amide bonds. The molecular weight excluding hydrogens is 318 g/mol. The molecule has 0 saturated carbocycles. The maximum Gasteiger partial charge on any atom is 0.239 e. The van der Waals surface area contributed by atoms with Gasteiger partial charge >= 0.3 is 0 Å². The quantitative estimate of drug-likeness (QED) is 0.911. The van der Waals surface area contributed by atoms with Crippen LogP contribution in [-0.2, 0) is 15.6 Å². The Labute approximate surface area is 137 Å². The molecule has 2 rings (SSSR count). The molecule has 22 heavy (non-hydrogen) atoms. The van der Waals surface area contributed by atoms with Crippen LogP contribution >= 0.6 is 11.3 Å². The molecule has 1 aliphatic heterocycles. The van der Waals surface area contributed by atoms with E-state index < -0.39 is 10.8 Å². The topological polar surface area (TPSA) is 73.2 Å². The van der Waals surface area contributed by atoms with E-state index >= 15 is 0 Å². The van der Waals surface area contributed by atoms with Gasteiger partial charge in [-0.2, -0.15) is 5.26 Å². The van der Waals surface area contributed by atoms with E-state index in [4.69, 9.17) is 0 Å². The average molecular weight is 339 g/mol. The fourth-order valence-corrected chi connectivity index (χ4v) is 4.89. The van der Waals surface area contributed by atoms with Gasteiger partial charge in [0, 0.05) is 33.2 Å². The number of thiophene rings is 1. The Morgan fingerprint density at radius 2 is 2.09 bits per heavy atom. The van der Waals surface area contributed by atoms with Crippen LogP contribution in [0.15, 0.2) is 0 Å². The first-order valence-corrected chi connectivity index (χ1v) is 9.58. The maximum absolute atomic E-state index is 12.2. The van der Waals surface area contributed by atoms with Crippen LogP contribution in [0.4, 0.5) is 5.00 Å². The van der Waals surface area contributed by atoms with Crippen LogP contribution in [0.2, 0.25) is 0 Å². The highest BCUT2D eigenvalue weighted by Gasteiger charge is 2.23. The number of nitriles is 1. The summed E-state index contributed by atoms with van der Waals surface area (Å²) in [4.78, 5) is 15.3. The molecule has 0 unspecified atom stereocenters. The molecule has 1 aromatic rings. The number of aryl methyl sites for hydroxylation is 1. The zero-order valence-corrected chi connectivity index (χ0v) is 14.8. The van der Waals surface area contributed by atoms with E-state index in [0.717, 1.165) is 34.8 Å². The summed E-state index contributed by atoms with van der Waals surface area (Å²) in [5, 5.41) is 12.7. The fraction of sp³-hybridized carbons (Fsp3) is 0.600. The van der Waals surface area contributed by atoms with E-state index in [-0.39, 0.29) is 12.5 Å². The van der Waals surface area contributed by atoms with Gasteiger partial charge in [0.05, 0.1) is 12.1 Å². The Balaban J connectivity index is 1.94. The van der Waals surface area contributed by atoms with Crippen molar-refractivity contribution in [3.63, 3.8) is 0 Å². The van der Waals surface area contributed by atoms with Crippen LogP contribution in [-0.4, -0.2) is 46.2 Å². The van der Waals surface area contributed by atoms with Gasteiger partial charge in [-0.25, -0.2) is 0 Å². The lowest BCUT2D eigenvalue weighted by atomic mass is 10.1. The number of rotatable bonds is 4. The summed E-state index contributed by atoms with van der Waals surface area (Å²) in [7, 11) is 1.24. The molecule has 1 aromatic heterocycles. The van der Waals surface area contributed by atoms with Gasteiger partial charge in [0.1, 0.15) is 11.1 Å². The summed E-state index contributed by atoms with van der Waals surface area (Å²) in [6.45, 7) is 4.14. The number of carbonyl (C=O) groups is 1. The van der Waals surface area contributed by atoms with Crippen LogP contribution in [0, 0.1) is 25.2 Å². The Morgan fingerprint density at radius 3 is 2.68 bits per heavy atom. The van der Waals surface area contributed by atoms with Crippen LogP contribution in [0.25, 0.3) is 0 Å². The minimum Gasteiger partial charge on any atom is -0.315 e. The first-order chi connectivity index (χ1) is 10.4. The van der Waals surface area contributed by atoms with Gasteiger partial charge in [-0.1, -0.05) is 0 Å². The summed E-state index contributed by atoms with van der Waals surface area (Å²) in [5.74, 6) is 1.34. The van der Waals surface area contributed by atoms with E-state index in [1.54, 1.807) is 0 Å². The van der Waals surface area contributed by atoms with E-state index in [2.05, 4.69) is 11.4 Å². The third-order valence-corrected chi connectivity index (χ3v) is 6.63. The number of nitrogens with one attached hydrogen (secondary N) is 1. The first-order valence-electron chi connectivity index (χ1n) is 7.27. The van der Waals surface area contributed by atoms with Gasteiger partial charge in [0.15, 0.2) is 0 Å². The van der Waals surface area contributed by atoms with Gasteiger partial charge in [-0.15, -0.1) is 11.3 Å². The standard InChI is InChI=1S/C15H21N3O2S2/c1-10-11(2)21-15(13(10)8-16)17-14(19)9-18(3)12-4-6-22(20)7-5-12/h12H,4-7,9H2,1-3H3,(H,17,19). The average Bonchev–Trinajstić information content (AvgIpc) is 2.73. The van der Waals surface area contributed by atoms with E-state index in [9.17, 15) is 14.3 Å². The molecule has 7 heteroatoms. The first kappa shape index (κ1) is 17.1. The summed E-state index contributed by atoms with van der Waals surface area (Å²) in [6, 6.07) is 2.47. The van der Waals surface area contributed by atoms with Crippen molar-refractivity contribution >= 4 is 33.0 Å². The molecule has 1 fully saturated rings. The van der Waals surface area contributed by atoms with Crippen LogP contribution in [0.3, 0.4) is 0 Å². The smallest absolute Gasteiger partial charge is 0.239 e. The second-order valence-electron chi connectivity index (χ2n) is 5.64. The number of amides is 1. The minimum atomic E-state index is -0.687. The van der Waals surface area contributed by atoms with Crippen molar-refractivity contribution in [1.82, 2.24) is 4.90 Å². The molecule has 0 aliphatic carbocycles. The molecule has 2 heterocycles. The second-order valence-corrected chi connectivity index (χ2v) is 8.56. The molecule has 1 aliphatic rings. The largest absolute Gasteiger partial charge is 0.315 e. The molecular formula is C15H21N3O2S2. The molecule has 1 N–H and O–H groups in total. The van der Waals surface area contributed by atoms with Gasteiger partial charge in [-0.3, -0.25) is 13.9 Å². The van der Waals surface area contributed by atoms with Crippen LogP contribution < -0.4 is 5.32 Å². The van der Waals surface area contributed by atoms with Crippen molar-refractivity contribution in [2.24, 2.45) is 0 Å². The van der Waals surface area contributed by atoms with Gasteiger partial charge in [-0.05, 0) is 39.3 Å². The SMILES string of the molecule is Cc1sc(NC(=O)CN(C)C2CCS(=O)CC2)c(C#N)c1C. The highest BCUT2D eigenvalue weighted by molar-refractivity contribution is 7.85. The molecule has 0 aromatic carbocycles. The number of nitrogens with zero attached hydrogens (tertiary/aromatic N) is 2. The zero-order valence-electron chi connectivity index (χ0n) is 13.1. The number of carbonyl (C=O) groups excluding carboxylic acids is 1. The molecule has 0 bridgehead atoms. The molecule has 0 atom stereocenters. The van der Waals surface area contributed by atoms with Crippen molar-refractivity contribution in [1.29, 1.82) is 5.26 Å². The van der Waals surface area contributed by atoms with E-state index in [1.165, 1.54) is 11.3 Å². The number of anilines is 1. The molecule has 120 valence electrons. The van der Waals surface area contributed by atoms with Crippen LogP contribution in [0.5, 0.6) is 0 Å². The van der Waals surface area contributed by atoms with Crippen LogP contribution in [0.1, 0.15) is 28.8 Å². The van der Waals surface area contributed by atoms with Crippen molar-refractivity contribution in [3.8, 4) is 6.07 Å². The summed E-state index contributed by atoms with van der Waals surface area (Å²) >= 11 is 1.44. The number of hydrogen-bond donors (Lipinski definition) is 1. The Hall–Kier alpha value is -1.23. The van der Waals surface area contributed by atoms with Crippen molar-refractivity contribution in [2.45, 2.75) is 32.7 Å². The fourth-order valence-electron chi connectivity index (χ4n) is 2.59. The normalized spacial score (nSPS) is 21.6. The molecule has 0 spiro atoms. The molecule has 5 nitrogen and oxygen atoms in total. The summed E-state index contributed by atoms with van der Waals surface area (Å²) in [6.07, 6.45) is 1.74. The second kappa shape index (κ2) is 7.36. The lowest BCUT2D eigenvalue weighted by Crippen LogP contribution is -2.41. The monoisotopic (exact) mass is 339 g/mol. The van der Waals surface area contributed by atoms with Crippen molar-refractivity contribution in [2.75, 3.05) is 30.4 Å². The highest BCUT2D eigenvalue weighted by atomic mass is 32.2. The third-order valence-electron chi connectivity index (χ3n) is 4.12.